The average molecular weight is 542 g/mol. The molecule has 0 unspecified atom stereocenters. The molecule has 11 heteroatoms. The van der Waals surface area contributed by atoms with Gasteiger partial charge in [0, 0.05) is 36.6 Å². The van der Waals surface area contributed by atoms with Gasteiger partial charge in [0.05, 0.1) is 39.6 Å². The summed E-state index contributed by atoms with van der Waals surface area (Å²) < 4.78 is 14.9. The molecule has 0 aliphatic heterocycles. The topological polar surface area (TPSA) is 104 Å². The van der Waals surface area contributed by atoms with Crippen LogP contribution in [0, 0.1) is 18.2 Å². The van der Waals surface area contributed by atoms with Gasteiger partial charge in [-0.25, -0.2) is 9.37 Å². The fourth-order valence-electron chi connectivity index (χ4n) is 3.47. The van der Waals surface area contributed by atoms with E-state index < -0.39 is 17.6 Å². The van der Waals surface area contributed by atoms with Crippen LogP contribution in [0.3, 0.4) is 0 Å². The third-order valence-corrected chi connectivity index (χ3v) is 6.00. The first kappa shape index (κ1) is 27.6. The van der Waals surface area contributed by atoms with Crippen molar-refractivity contribution in [1.82, 2.24) is 20.2 Å². The first-order chi connectivity index (χ1) is 17.7. The van der Waals surface area contributed by atoms with E-state index in [1.807, 2.05) is 13.8 Å². The number of terminal acetylenes is 1. The maximum Gasteiger partial charge on any atom is 0.271 e. The van der Waals surface area contributed by atoms with Gasteiger partial charge < -0.3 is 15.5 Å². The Kier molecular flexibility index (Phi) is 9.17. The molecular formula is C26H22Cl2FN5O3. The summed E-state index contributed by atoms with van der Waals surface area (Å²) in [6.45, 7) is 4.50. The Morgan fingerprint density at radius 1 is 1.05 bits per heavy atom. The number of benzene rings is 1. The lowest BCUT2D eigenvalue weighted by molar-refractivity contribution is -0.129. The first-order valence-corrected chi connectivity index (χ1v) is 11.9. The number of aromatic nitrogens is 2. The second-order valence-corrected chi connectivity index (χ2v) is 8.45. The fourth-order valence-corrected chi connectivity index (χ4v) is 3.97. The van der Waals surface area contributed by atoms with Crippen molar-refractivity contribution in [3.05, 3.63) is 75.5 Å². The highest BCUT2D eigenvalue weighted by atomic mass is 35.5. The minimum absolute atomic E-state index is 0.0124. The summed E-state index contributed by atoms with van der Waals surface area (Å²) in [5.41, 5.74) is 0.796. The van der Waals surface area contributed by atoms with Gasteiger partial charge in [-0.3, -0.25) is 19.4 Å². The van der Waals surface area contributed by atoms with Crippen LogP contribution in [0.5, 0.6) is 0 Å². The molecule has 0 spiro atoms. The molecule has 3 rings (SSSR count). The van der Waals surface area contributed by atoms with Crippen LogP contribution in [-0.2, 0) is 4.79 Å². The third-order valence-electron chi connectivity index (χ3n) is 5.40. The summed E-state index contributed by atoms with van der Waals surface area (Å²) in [6.07, 6.45) is 9.56. The van der Waals surface area contributed by atoms with Gasteiger partial charge in [-0.05, 0) is 38.1 Å². The Morgan fingerprint density at radius 3 is 2.43 bits per heavy atom. The summed E-state index contributed by atoms with van der Waals surface area (Å²) in [6, 6.07) is 5.16. The minimum Gasteiger partial charge on any atom is -0.342 e. The molecule has 8 nitrogen and oxygen atoms in total. The van der Waals surface area contributed by atoms with E-state index in [1.54, 1.807) is 11.0 Å². The molecule has 3 aromatic rings. The predicted molar refractivity (Wildman–Crippen MR) is 140 cm³/mol. The van der Waals surface area contributed by atoms with Crippen LogP contribution in [0.1, 0.15) is 40.3 Å². The minimum atomic E-state index is -0.720. The highest BCUT2D eigenvalue weighted by Crippen LogP contribution is 2.31. The number of nitrogens with one attached hydrogen (secondary N) is 2. The van der Waals surface area contributed by atoms with Crippen LogP contribution in [-0.4, -0.2) is 52.2 Å². The molecule has 0 atom stereocenters. The van der Waals surface area contributed by atoms with Crippen molar-refractivity contribution in [3.63, 3.8) is 0 Å². The lowest BCUT2D eigenvalue weighted by Gasteiger charge is -2.18. The normalized spacial score (nSPS) is 10.4. The molecule has 0 aliphatic carbocycles. The molecular weight excluding hydrogens is 520 g/mol. The summed E-state index contributed by atoms with van der Waals surface area (Å²) >= 11 is 12.5. The van der Waals surface area contributed by atoms with Crippen molar-refractivity contribution in [2.75, 3.05) is 25.0 Å². The van der Waals surface area contributed by atoms with Crippen LogP contribution in [0.4, 0.5) is 10.1 Å². The quantitative estimate of drug-likeness (QED) is 0.410. The van der Waals surface area contributed by atoms with Crippen LogP contribution >= 0.6 is 23.2 Å². The molecule has 2 aromatic heterocycles. The zero-order chi connectivity index (χ0) is 27.1. The molecule has 190 valence electrons. The monoisotopic (exact) mass is 541 g/mol. The van der Waals surface area contributed by atoms with Crippen molar-refractivity contribution < 1.29 is 18.8 Å². The van der Waals surface area contributed by atoms with E-state index in [9.17, 15) is 18.8 Å². The Hall–Kier alpha value is -4.00. The molecule has 37 heavy (non-hydrogen) atoms. The zero-order valence-electron chi connectivity index (χ0n) is 19.9. The number of anilines is 1. The molecule has 0 saturated carbocycles. The lowest BCUT2D eigenvalue weighted by atomic mass is 10.00. The molecule has 0 bridgehead atoms. The largest absolute Gasteiger partial charge is 0.342 e. The number of hydrogen-bond acceptors (Lipinski definition) is 5. The number of rotatable bonds is 8. The van der Waals surface area contributed by atoms with Crippen molar-refractivity contribution in [2.45, 2.75) is 13.8 Å². The van der Waals surface area contributed by atoms with Crippen LogP contribution in [0.25, 0.3) is 11.1 Å². The standard InChI is InChI=1S/C26H22Cl2FN5O3/c1-4-15-12-30-8-7-17(15)18-10-20(27)19(11-22(18)29)25(36)33-16-9-21(28)24(31-13-16)26(37)32-14-23(35)34(5-2)6-3/h1,7-13H,5-6,14H2,2-3H3,(H,32,37)(H,33,36). The van der Waals surface area contributed by atoms with E-state index in [-0.39, 0.29) is 45.0 Å². The molecule has 0 radical (unpaired) electrons. The van der Waals surface area contributed by atoms with E-state index in [0.717, 1.165) is 6.07 Å². The first-order valence-electron chi connectivity index (χ1n) is 11.1. The van der Waals surface area contributed by atoms with E-state index in [0.29, 0.717) is 24.2 Å². The number of pyridine rings is 2. The summed E-state index contributed by atoms with van der Waals surface area (Å²) in [5.74, 6) is 0.116. The number of likely N-dealkylation sites (N-methyl/N-ethyl adjacent to an activating group) is 1. The van der Waals surface area contributed by atoms with Crippen molar-refractivity contribution in [3.8, 4) is 23.5 Å². The number of nitrogens with zero attached hydrogens (tertiary/aromatic N) is 3. The molecule has 1 aromatic carbocycles. The van der Waals surface area contributed by atoms with Gasteiger partial charge in [0.2, 0.25) is 5.91 Å². The molecule has 0 fully saturated rings. The van der Waals surface area contributed by atoms with E-state index in [2.05, 4.69) is 26.5 Å². The van der Waals surface area contributed by atoms with Crippen molar-refractivity contribution in [2.24, 2.45) is 0 Å². The maximum atomic E-state index is 14.9. The SMILES string of the molecule is C#Cc1cnccc1-c1cc(Cl)c(C(=O)Nc2cnc(C(=O)NCC(=O)N(CC)CC)c(Cl)c2)cc1F. The summed E-state index contributed by atoms with van der Waals surface area (Å²) in [7, 11) is 0. The predicted octanol–water partition coefficient (Wildman–Crippen LogP) is 4.42. The molecule has 2 heterocycles. The maximum absolute atomic E-state index is 14.9. The second kappa shape index (κ2) is 12.3. The summed E-state index contributed by atoms with van der Waals surface area (Å²) in [4.78, 5) is 46.8. The number of carbonyl (C=O) groups is 3. The van der Waals surface area contributed by atoms with E-state index in [4.69, 9.17) is 29.6 Å². The van der Waals surface area contributed by atoms with Crippen LogP contribution in [0.15, 0.2) is 42.9 Å². The summed E-state index contributed by atoms with van der Waals surface area (Å²) in [5, 5.41) is 4.93. The number of halogens is 3. The van der Waals surface area contributed by atoms with Gasteiger partial charge in [0.1, 0.15) is 11.5 Å². The van der Waals surface area contributed by atoms with Gasteiger partial charge in [-0.1, -0.05) is 29.1 Å². The van der Waals surface area contributed by atoms with Crippen molar-refractivity contribution >= 4 is 46.6 Å². The lowest BCUT2D eigenvalue weighted by Crippen LogP contribution is -2.40. The van der Waals surface area contributed by atoms with Gasteiger partial charge in [0.25, 0.3) is 11.8 Å². The van der Waals surface area contributed by atoms with Gasteiger partial charge in [0.15, 0.2) is 0 Å². The fraction of sp³-hybridized carbons (Fsp3) is 0.192. The van der Waals surface area contributed by atoms with E-state index >= 15 is 0 Å². The molecule has 0 aliphatic rings. The third kappa shape index (κ3) is 6.42. The van der Waals surface area contributed by atoms with Crippen molar-refractivity contribution in [1.29, 1.82) is 0 Å². The Balaban J connectivity index is 1.74. The number of amides is 3. The average Bonchev–Trinajstić information content (AvgIpc) is 2.89. The Bertz CT molecular complexity index is 1400. The van der Waals surface area contributed by atoms with E-state index in [1.165, 1.54) is 30.7 Å². The smallest absolute Gasteiger partial charge is 0.271 e. The molecule has 0 saturated heterocycles. The van der Waals surface area contributed by atoms with Gasteiger partial charge in [-0.2, -0.15) is 0 Å². The zero-order valence-corrected chi connectivity index (χ0v) is 21.5. The van der Waals surface area contributed by atoms with Gasteiger partial charge >= 0.3 is 0 Å². The highest BCUT2D eigenvalue weighted by Gasteiger charge is 2.20. The molecule has 3 amide bonds. The van der Waals surface area contributed by atoms with Crippen LogP contribution < -0.4 is 10.6 Å². The number of carbonyl (C=O) groups excluding carboxylic acids is 3. The second-order valence-electron chi connectivity index (χ2n) is 7.63. The number of hydrogen-bond donors (Lipinski definition) is 2. The molecule has 2 N–H and O–H groups in total. The van der Waals surface area contributed by atoms with Crippen LogP contribution in [0.2, 0.25) is 10.0 Å². The Morgan fingerprint density at radius 2 is 1.78 bits per heavy atom. The highest BCUT2D eigenvalue weighted by molar-refractivity contribution is 6.35. The Labute approximate surface area is 223 Å². The van der Waals surface area contributed by atoms with Gasteiger partial charge in [-0.15, -0.1) is 6.42 Å².